The number of nitrogens with two attached hydrogens (primary N) is 1. The fourth-order valence-electron chi connectivity index (χ4n) is 1.25. The van der Waals surface area contributed by atoms with E-state index < -0.39 is 5.97 Å². The number of anilines is 1. The van der Waals surface area contributed by atoms with E-state index in [0.717, 1.165) is 0 Å². The second kappa shape index (κ2) is 5.54. The first-order valence-electron chi connectivity index (χ1n) is 5.07. The van der Waals surface area contributed by atoms with Gasteiger partial charge in [0, 0.05) is 12.4 Å². The largest absolute Gasteiger partial charge is 0.463 e. The van der Waals surface area contributed by atoms with Gasteiger partial charge in [-0.25, -0.2) is 14.8 Å². The highest BCUT2D eigenvalue weighted by atomic mass is 32.2. The van der Waals surface area contributed by atoms with Crippen molar-refractivity contribution in [3.05, 3.63) is 36.0 Å². The molecule has 6 nitrogen and oxygen atoms in total. The Labute approximate surface area is 108 Å². The molecule has 0 aliphatic carbocycles. The van der Waals surface area contributed by atoms with Crippen molar-refractivity contribution in [1.29, 1.82) is 0 Å². The van der Waals surface area contributed by atoms with E-state index in [0.29, 0.717) is 22.4 Å². The van der Waals surface area contributed by atoms with Crippen LogP contribution in [0.5, 0.6) is 0 Å². The Hall–Kier alpha value is -2.02. The van der Waals surface area contributed by atoms with Crippen LogP contribution in [0.3, 0.4) is 0 Å². The number of hydrogen-bond acceptors (Lipinski definition) is 7. The van der Waals surface area contributed by atoms with E-state index in [1.165, 1.54) is 25.1 Å². The molecule has 0 aromatic carbocycles. The predicted octanol–water partition coefficient (Wildman–Crippen LogP) is 1.73. The van der Waals surface area contributed by atoms with Crippen molar-refractivity contribution < 1.29 is 13.9 Å². The number of methoxy groups -OCH3 is 1. The highest BCUT2D eigenvalue weighted by Gasteiger charge is 2.11. The smallest absolute Gasteiger partial charge is 0.373 e. The number of carbonyl (C=O) groups excluding carboxylic acids is 1. The van der Waals surface area contributed by atoms with Crippen molar-refractivity contribution in [3.63, 3.8) is 0 Å². The summed E-state index contributed by atoms with van der Waals surface area (Å²) in [5, 5.41) is 0.633. The van der Waals surface area contributed by atoms with Gasteiger partial charge in [-0.05, 0) is 12.1 Å². The Kier molecular flexibility index (Phi) is 3.83. The van der Waals surface area contributed by atoms with Gasteiger partial charge in [-0.2, -0.15) is 0 Å². The number of nitrogen functional groups attached to an aromatic ring is 1. The van der Waals surface area contributed by atoms with E-state index in [-0.39, 0.29) is 5.76 Å². The molecule has 2 aromatic heterocycles. The molecule has 0 aliphatic rings. The van der Waals surface area contributed by atoms with Gasteiger partial charge in [-0.3, -0.25) is 0 Å². The zero-order valence-corrected chi connectivity index (χ0v) is 10.4. The van der Waals surface area contributed by atoms with E-state index in [4.69, 9.17) is 10.2 Å². The van der Waals surface area contributed by atoms with E-state index >= 15 is 0 Å². The molecule has 0 saturated carbocycles. The van der Waals surface area contributed by atoms with Crippen LogP contribution in [0.25, 0.3) is 0 Å². The summed E-state index contributed by atoms with van der Waals surface area (Å²) >= 11 is 1.39. The average molecular weight is 265 g/mol. The third-order valence-electron chi connectivity index (χ3n) is 2.09. The Balaban J connectivity index is 2.01. The number of carbonyl (C=O) groups is 1. The quantitative estimate of drug-likeness (QED) is 0.664. The van der Waals surface area contributed by atoms with Gasteiger partial charge >= 0.3 is 5.97 Å². The summed E-state index contributed by atoms with van der Waals surface area (Å²) in [4.78, 5) is 19.2. The first-order chi connectivity index (χ1) is 8.70. The molecule has 0 radical (unpaired) electrons. The molecule has 2 aromatic rings. The monoisotopic (exact) mass is 265 g/mol. The van der Waals surface area contributed by atoms with Crippen molar-refractivity contribution >= 4 is 23.5 Å². The molecule has 0 aliphatic heterocycles. The first kappa shape index (κ1) is 12.4. The molecule has 0 amide bonds. The minimum absolute atomic E-state index is 0.181. The molecule has 2 heterocycles. The minimum Gasteiger partial charge on any atom is -0.463 e. The third-order valence-corrected chi connectivity index (χ3v) is 3.11. The summed E-state index contributed by atoms with van der Waals surface area (Å²) in [7, 11) is 1.31. The van der Waals surface area contributed by atoms with Gasteiger partial charge in [0.2, 0.25) is 5.76 Å². The second-order valence-corrected chi connectivity index (χ2v) is 4.26. The van der Waals surface area contributed by atoms with Gasteiger partial charge in [-0.15, -0.1) is 0 Å². The van der Waals surface area contributed by atoms with E-state index in [9.17, 15) is 4.79 Å². The second-order valence-electron chi connectivity index (χ2n) is 3.29. The van der Waals surface area contributed by atoms with Crippen molar-refractivity contribution in [2.75, 3.05) is 12.8 Å². The van der Waals surface area contributed by atoms with Crippen LogP contribution in [0.2, 0.25) is 0 Å². The van der Waals surface area contributed by atoms with Crippen LogP contribution in [-0.2, 0) is 10.5 Å². The minimum atomic E-state index is -0.495. The number of thioether (sulfide) groups is 1. The number of aromatic nitrogens is 2. The van der Waals surface area contributed by atoms with Crippen LogP contribution in [0.4, 0.5) is 5.82 Å². The zero-order valence-electron chi connectivity index (χ0n) is 9.62. The maximum absolute atomic E-state index is 11.2. The van der Waals surface area contributed by atoms with E-state index in [1.807, 2.05) is 0 Å². The molecule has 18 heavy (non-hydrogen) atoms. The fourth-order valence-corrected chi connectivity index (χ4v) is 2.02. The van der Waals surface area contributed by atoms with Crippen LogP contribution in [0.1, 0.15) is 16.3 Å². The molecule has 7 heteroatoms. The lowest BCUT2D eigenvalue weighted by Gasteiger charge is -2.00. The van der Waals surface area contributed by atoms with Gasteiger partial charge < -0.3 is 14.9 Å². The molecule has 0 saturated heterocycles. The molecule has 0 bridgehead atoms. The topological polar surface area (TPSA) is 91.2 Å². The number of ether oxygens (including phenoxy) is 1. The number of nitrogens with zero attached hydrogens (tertiary/aromatic N) is 2. The molecule has 94 valence electrons. The number of esters is 1. The molecule has 2 N–H and O–H groups in total. The van der Waals surface area contributed by atoms with Crippen molar-refractivity contribution in [2.45, 2.75) is 10.8 Å². The molecule has 0 unspecified atom stereocenters. The average Bonchev–Trinajstić information content (AvgIpc) is 2.86. The number of rotatable bonds is 4. The number of furan rings is 1. The van der Waals surface area contributed by atoms with Gasteiger partial charge in [-0.1, -0.05) is 11.8 Å². The summed E-state index contributed by atoms with van der Waals surface area (Å²) in [5.41, 5.74) is 5.66. The van der Waals surface area contributed by atoms with Crippen LogP contribution >= 0.6 is 11.8 Å². The maximum atomic E-state index is 11.2. The lowest BCUT2D eigenvalue weighted by Crippen LogP contribution is -1.98. The predicted molar refractivity (Wildman–Crippen MR) is 66.1 cm³/mol. The van der Waals surface area contributed by atoms with Crippen molar-refractivity contribution in [3.8, 4) is 0 Å². The fraction of sp³-hybridized carbons (Fsp3) is 0.182. The summed E-state index contributed by atoms with van der Waals surface area (Å²) in [6, 6.07) is 3.29. The maximum Gasteiger partial charge on any atom is 0.373 e. The Morgan fingerprint density at radius 3 is 2.94 bits per heavy atom. The summed E-state index contributed by atoms with van der Waals surface area (Å²) < 4.78 is 9.86. The molecule has 2 rings (SSSR count). The molecular formula is C11H11N3O3S. The zero-order chi connectivity index (χ0) is 13.0. The van der Waals surface area contributed by atoms with Crippen molar-refractivity contribution in [2.24, 2.45) is 0 Å². The van der Waals surface area contributed by atoms with Gasteiger partial charge in [0.05, 0.1) is 12.9 Å². The van der Waals surface area contributed by atoms with Crippen LogP contribution in [0, 0.1) is 0 Å². The van der Waals surface area contributed by atoms with Crippen molar-refractivity contribution in [1.82, 2.24) is 9.97 Å². The normalized spacial score (nSPS) is 10.3. The third kappa shape index (κ3) is 2.80. The summed E-state index contributed by atoms with van der Waals surface area (Å²) in [5.74, 6) is 1.22. The lowest BCUT2D eigenvalue weighted by molar-refractivity contribution is 0.0563. The van der Waals surface area contributed by atoms with Gasteiger partial charge in [0.1, 0.15) is 10.8 Å². The molecule has 0 atom stereocenters. The standard InChI is InChI=1S/C11H11N3O3S/c1-16-11(15)8-3-2-7(17-8)6-18-10-9(12)13-4-5-14-10/h2-5H,6H2,1H3,(H2,12,13). The lowest BCUT2D eigenvalue weighted by atomic mass is 10.4. The number of hydrogen-bond donors (Lipinski definition) is 1. The van der Waals surface area contributed by atoms with Crippen LogP contribution in [-0.4, -0.2) is 23.0 Å². The van der Waals surface area contributed by atoms with E-state index in [1.54, 1.807) is 18.3 Å². The Morgan fingerprint density at radius 1 is 1.44 bits per heavy atom. The summed E-state index contributed by atoms with van der Waals surface area (Å²) in [6.45, 7) is 0. The molecule has 0 fully saturated rings. The molecular weight excluding hydrogens is 254 g/mol. The SMILES string of the molecule is COC(=O)c1ccc(CSc2nccnc2N)o1. The Morgan fingerprint density at radius 2 is 2.22 bits per heavy atom. The summed E-state index contributed by atoms with van der Waals surface area (Å²) in [6.07, 6.45) is 3.10. The highest BCUT2D eigenvalue weighted by Crippen LogP contribution is 2.25. The Bertz CT molecular complexity index is 556. The van der Waals surface area contributed by atoms with Crippen LogP contribution < -0.4 is 5.73 Å². The van der Waals surface area contributed by atoms with E-state index in [2.05, 4.69) is 14.7 Å². The van der Waals surface area contributed by atoms with Gasteiger partial charge in [0.25, 0.3) is 0 Å². The molecule has 0 spiro atoms. The van der Waals surface area contributed by atoms with Gasteiger partial charge in [0.15, 0.2) is 5.82 Å². The highest BCUT2D eigenvalue weighted by molar-refractivity contribution is 7.98. The van der Waals surface area contributed by atoms with Crippen LogP contribution in [0.15, 0.2) is 34.0 Å². The first-order valence-corrected chi connectivity index (χ1v) is 6.05.